The Balaban J connectivity index is 1.67. The van der Waals surface area contributed by atoms with Crippen molar-refractivity contribution in [3.05, 3.63) is 71.8 Å². The largest absolute Gasteiger partial charge is 0.497 e. The Morgan fingerprint density at radius 1 is 1.04 bits per heavy atom. The van der Waals surface area contributed by atoms with E-state index in [1.165, 1.54) is 16.3 Å². The third kappa shape index (κ3) is 3.57. The van der Waals surface area contributed by atoms with E-state index in [0.717, 1.165) is 17.0 Å². The number of benzene rings is 3. The van der Waals surface area contributed by atoms with E-state index in [1.54, 1.807) is 7.11 Å². The van der Waals surface area contributed by atoms with Gasteiger partial charge in [0.1, 0.15) is 5.75 Å². The highest BCUT2D eigenvalue weighted by molar-refractivity contribution is 5.90. The Labute approximate surface area is 142 Å². The molecule has 24 heavy (non-hydrogen) atoms. The monoisotopic (exact) mass is 319 g/mol. The molecule has 0 unspecified atom stereocenters. The van der Waals surface area contributed by atoms with Gasteiger partial charge in [-0.05, 0) is 41.0 Å². The van der Waals surface area contributed by atoms with Crippen LogP contribution in [0.3, 0.4) is 0 Å². The molecule has 3 rings (SSSR count). The lowest BCUT2D eigenvalue weighted by Crippen LogP contribution is -2.16. The van der Waals surface area contributed by atoms with Gasteiger partial charge in [0.05, 0.1) is 13.7 Å². The topological polar surface area (TPSA) is 38.3 Å². The summed E-state index contributed by atoms with van der Waals surface area (Å²) in [6, 6.07) is 20.0. The number of rotatable bonds is 6. The zero-order valence-electron chi connectivity index (χ0n) is 14.0. The van der Waals surface area contributed by atoms with Crippen LogP contribution in [-0.4, -0.2) is 19.4 Å². The van der Waals surface area contributed by atoms with E-state index >= 15 is 0 Å². The molecule has 0 aliphatic rings. The van der Waals surface area contributed by atoms with Crippen LogP contribution in [-0.2, 0) is 11.2 Å². The first-order valence-electron chi connectivity index (χ1n) is 8.04. The minimum absolute atomic E-state index is 0.163. The van der Waals surface area contributed by atoms with Crippen molar-refractivity contribution in [1.82, 2.24) is 0 Å². The van der Waals surface area contributed by atoms with Crippen molar-refractivity contribution >= 4 is 22.2 Å². The summed E-state index contributed by atoms with van der Waals surface area (Å²) in [4.78, 5) is 12.3. The number of hydrogen-bond donors (Lipinski definition) is 1. The SMILES string of the molecule is COc1cccc(NCC(=O)Cc2ccc3ccccc3c2C)c1. The predicted octanol–water partition coefficient (Wildman–Crippen LogP) is 4.38. The fourth-order valence-corrected chi connectivity index (χ4v) is 2.87. The lowest BCUT2D eigenvalue weighted by Gasteiger charge is -2.10. The minimum Gasteiger partial charge on any atom is -0.497 e. The molecule has 0 spiro atoms. The first-order valence-corrected chi connectivity index (χ1v) is 8.04. The van der Waals surface area contributed by atoms with Gasteiger partial charge in [-0.15, -0.1) is 0 Å². The number of carbonyl (C=O) groups is 1. The average molecular weight is 319 g/mol. The van der Waals surface area contributed by atoms with Gasteiger partial charge in [0.25, 0.3) is 0 Å². The molecule has 0 saturated carbocycles. The number of fused-ring (bicyclic) bond motifs is 1. The van der Waals surface area contributed by atoms with Gasteiger partial charge in [-0.3, -0.25) is 4.79 Å². The number of nitrogens with one attached hydrogen (secondary N) is 1. The van der Waals surface area contributed by atoms with Crippen LogP contribution >= 0.6 is 0 Å². The molecule has 1 N–H and O–H groups in total. The molecule has 3 nitrogen and oxygen atoms in total. The molecule has 0 aliphatic heterocycles. The van der Waals surface area contributed by atoms with E-state index < -0.39 is 0 Å². The van der Waals surface area contributed by atoms with Crippen molar-refractivity contribution in [1.29, 1.82) is 0 Å². The lowest BCUT2D eigenvalue weighted by molar-refractivity contribution is -0.116. The fourth-order valence-electron chi connectivity index (χ4n) is 2.87. The molecule has 3 aromatic rings. The maximum absolute atomic E-state index is 12.3. The number of ether oxygens (including phenoxy) is 1. The van der Waals surface area contributed by atoms with Crippen LogP contribution in [0.15, 0.2) is 60.7 Å². The van der Waals surface area contributed by atoms with Crippen LogP contribution in [0.5, 0.6) is 5.75 Å². The standard InChI is InChI=1S/C21H21NO2/c1-15-17(11-10-16-6-3-4-9-21(15)16)12-19(23)14-22-18-7-5-8-20(13-18)24-2/h3-11,13,22H,12,14H2,1-2H3. The van der Waals surface area contributed by atoms with Crippen LogP contribution in [0.25, 0.3) is 10.8 Å². The van der Waals surface area contributed by atoms with Gasteiger partial charge in [0, 0.05) is 18.2 Å². The molecule has 0 amide bonds. The number of methoxy groups -OCH3 is 1. The Morgan fingerprint density at radius 3 is 2.71 bits per heavy atom. The Kier molecular flexibility index (Phi) is 4.80. The number of carbonyl (C=O) groups excluding carboxylic acids is 1. The fraction of sp³-hybridized carbons (Fsp3) is 0.190. The number of anilines is 1. The van der Waals surface area contributed by atoms with Crippen molar-refractivity contribution in [3.63, 3.8) is 0 Å². The third-order valence-corrected chi connectivity index (χ3v) is 4.26. The summed E-state index contributed by atoms with van der Waals surface area (Å²) >= 11 is 0. The van der Waals surface area contributed by atoms with Gasteiger partial charge in [-0.2, -0.15) is 0 Å². The van der Waals surface area contributed by atoms with E-state index in [0.29, 0.717) is 13.0 Å². The number of ketones is 1. The molecule has 0 atom stereocenters. The van der Waals surface area contributed by atoms with E-state index in [4.69, 9.17) is 4.74 Å². The summed E-state index contributed by atoms with van der Waals surface area (Å²) in [7, 11) is 1.63. The first kappa shape index (κ1) is 16.1. The van der Waals surface area contributed by atoms with Gasteiger partial charge in [-0.25, -0.2) is 0 Å². The van der Waals surface area contributed by atoms with Gasteiger partial charge in [0.2, 0.25) is 0 Å². The smallest absolute Gasteiger partial charge is 0.156 e. The summed E-state index contributed by atoms with van der Waals surface area (Å²) in [6.07, 6.45) is 0.438. The van der Waals surface area contributed by atoms with Crippen LogP contribution < -0.4 is 10.1 Å². The molecule has 3 aromatic carbocycles. The second kappa shape index (κ2) is 7.18. The number of hydrogen-bond acceptors (Lipinski definition) is 3. The minimum atomic E-state index is 0.163. The van der Waals surface area contributed by atoms with E-state index in [1.807, 2.05) is 36.4 Å². The van der Waals surface area contributed by atoms with Gasteiger partial charge >= 0.3 is 0 Å². The molecule has 0 heterocycles. The molecule has 0 saturated heterocycles. The summed E-state index contributed by atoms with van der Waals surface area (Å²) in [6.45, 7) is 2.39. The maximum Gasteiger partial charge on any atom is 0.156 e. The highest BCUT2D eigenvalue weighted by atomic mass is 16.5. The maximum atomic E-state index is 12.3. The molecule has 0 bridgehead atoms. The summed E-state index contributed by atoms with van der Waals surface area (Å²) in [5.74, 6) is 0.939. The summed E-state index contributed by atoms with van der Waals surface area (Å²) < 4.78 is 5.19. The number of Topliss-reactive ketones (excluding diaryl/α,β-unsaturated/α-hetero) is 1. The zero-order chi connectivity index (χ0) is 16.9. The van der Waals surface area contributed by atoms with Crippen LogP contribution in [0.1, 0.15) is 11.1 Å². The van der Waals surface area contributed by atoms with Crippen molar-refractivity contribution in [2.24, 2.45) is 0 Å². The second-order valence-corrected chi connectivity index (χ2v) is 5.87. The van der Waals surface area contributed by atoms with E-state index in [2.05, 4.69) is 36.5 Å². The van der Waals surface area contributed by atoms with Crippen molar-refractivity contribution in [2.75, 3.05) is 19.0 Å². The molecule has 0 aromatic heterocycles. The van der Waals surface area contributed by atoms with Crippen LogP contribution in [0.4, 0.5) is 5.69 Å². The van der Waals surface area contributed by atoms with Crippen molar-refractivity contribution in [3.8, 4) is 5.75 Å². The average Bonchev–Trinajstić information content (AvgIpc) is 2.63. The molecule has 0 radical (unpaired) electrons. The lowest BCUT2D eigenvalue weighted by atomic mass is 9.97. The molecule has 0 aliphatic carbocycles. The van der Waals surface area contributed by atoms with E-state index in [9.17, 15) is 4.79 Å². The predicted molar refractivity (Wildman–Crippen MR) is 98.9 cm³/mol. The van der Waals surface area contributed by atoms with Crippen molar-refractivity contribution in [2.45, 2.75) is 13.3 Å². The van der Waals surface area contributed by atoms with Crippen LogP contribution in [0.2, 0.25) is 0 Å². The summed E-state index contributed by atoms with van der Waals surface area (Å²) in [5.41, 5.74) is 3.16. The van der Waals surface area contributed by atoms with Crippen LogP contribution in [0, 0.1) is 6.92 Å². The molecule has 3 heteroatoms. The Hall–Kier alpha value is -2.81. The molecular formula is C21H21NO2. The third-order valence-electron chi connectivity index (χ3n) is 4.26. The van der Waals surface area contributed by atoms with Gasteiger partial charge in [0.15, 0.2) is 5.78 Å². The molecule has 122 valence electrons. The Bertz CT molecular complexity index is 871. The highest BCUT2D eigenvalue weighted by Gasteiger charge is 2.08. The zero-order valence-corrected chi connectivity index (χ0v) is 14.0. The second-order valence-electron chi connectivity index (χ2n) is 5.87. The summed E-state index contributed by atoms with van der Waals surface area (Å²) in [5, 5.41) is 5.59. The molecule has 0 fully saturated rings. The van der Waals surface area contributed by atoms with E-state index in [-0.39, 0.29) is 5.78 Å². The normalized spacial score (nSPS) is 10.6. The Morgan fingerprint density at radius 2 is 1.88 bits per heavy atom. The quantitative estimate of drug-likeness (QED) is 0.733. The van der Waals surface area contributed by atoms with Gasteiger partial charge in [-0.1, -0.05) is 42.5 Å². The van der Waals surface area contributed by atoms with Gasteiger partial charge < -0.3 is 10.1 Å². The molecular weight excluding hydrogens is 298 g/mol. The first-order chi connectivity index (χ1) is 11.7. The number of aryl methyl sites for hydroxylation is 1. The van der Waals surface area contributed by atoms with Crippen molar-refractivity contribution < 1.29 is 9.53 Å². The highest BCUT2D eigenvalue weighted by Crippen LogP contribution is 2.22.